The molecule has 5 aliphatic carbocycles. The summed E-state index contributed by atoms with van der Waals surface area (Å²) < 4.78 is 38.8. The van der Waals surface area contributed by atoms with Crippen LogP contribution in [-0.2, 0) is 32.1 Å². The van der Waals surface area contributed by atoms with Crippen LogP contribution >= 0.6 is 7.82 Å². The molecular formula is C41H58NO7P. The van der Waals surface area contributed by atoms with Crippen LogP contribution in [0.3, 0.4) is 0 Å². The van der Waals surface area contributed by atoms with Gasteiger partial charge in [-0.1, -0.05) is 70.0 Å². The molecule has 4 bridgehead atoms. The quantitative estimate of drug-likeness (QED) is 0.151. The maximum absolute atomic E-state index is 13.4. The highest BCUT2D eigenvalue weighted by atomic mass is 31.2. The molecule has 1 saturated heterocycles. The van der Waals surface area contributed by atoms with Gasteiger partial charge in [0.2, 0.25) is 0 Å². The van der Waals surface area contributed by atoms with Crippen molar-refractivity contribution in [2.24, 2.45) is 22.7 Å². The summed E-state index contributed by atoms with van der Waals surface area (Å²) in [5.41, 5.74) is 1.22. The van der Waals surface area contributed by atoms with Gasteiger partial charge in [-0.15, -0.1) is 0 Å². The molecule has 50 heavy (non-hydrogen) atoms. The summed E-state index contributed by atoms with van der Waals surface area (Å²) in [5, 5.41) is 12.5. The number of benzene rings is 2. The highest BCUT2D eigenvalue weighted by molar-refractivity contribution is 7.47. The number of hydrogen-bond acceptors (Lipinski definition) is 7. The van der Waals surface area contributed by atoms with E-state index in [1.165, 1.54) is 24.0 Å². The number of hydrogen-bond donors (Lipinski definition) is 2. The molecule has 0 amide bonds. The Labute approximate surface area is 298 Å². The van der Waals surface area contributed by atoms with Crippen molar-refractivity contribution in [3.63, 3.8) is 0 Å². The molecule has 2 spiro atoms. The van der Waals surface area contributed by atoms with Gasteiger partial charge in [0, 0.05) is 42.0 Å². The number of aliphatic hydroxyl groups is 1. The molecule has 9 heteroatoms. The van der Waals surface area contributed by atoms with Gasteiger partial charge in [-0.25, -0.2) is 4.57 Å². The fourth-order valence-corrected chi connectivity index (χ4v) is 12.2. The lowest BCUT2D eigenvalue weighted by atomic mass is 9.33. The predicted octanol–water partition coefficient (Wildman–Crippen LogP) is 8.01. The van der Waals surface area contributed by atoms with Crippen molar-refractivity contribution in [2.45, 2.75) is 134 Å². The smallest absolute Gasteiger partial charge is 0.482 e. The Bertz CT molecular complexity index is 1640. The van der Waals surface area contributed by atoms with Crippen LogP contribution in [0.1, 0.15) is 109 Å². The van der Waals surface area contributed by atoms with Gasteiger partial charge in [0.15, 0.2) is 11.5 Å². The van der Waals surface area contributed by atoms with Gasteiger partial charge >= 0.3 is 7.82 Å². The average Bonchev–Trinajstić information content (AvgIpc) is 3.82. The van der Waals surface area contributed by atoms with Crippen LogP contribution in [0.25, 0.3) is 0 Å². The van der Waals surface area contributed by atoms with Gasteiger partial charge in [0.25, 0.3) is 0 Å². The third kappa shape index (κ3) is 5.28. The number of fused-ring (bicyclic) bond motifs is 2. The van der Waals surface area contributed by atoms with E-state index in [9.17, 15) is 14.6 Å². The van der Waals surface area contributed by atoms with E-state index < -0.39 is 19.0 Å². The van der Waals surface area contributed by atoms with Crippen molar-refractivity contribution in [1.82, 2.24) is 4.90 Å². The molecule has 0 radical (unpaired) electrons. The second-order valence-corrected chi connectivity index (χ2v) is 19.2. The number of likely N-dealkylation sites (tertiary alicyclic amines) is 1. The van der Waals surface area contributed by atoms with E-state index in [0.29, 0.717) is 18.2 Å². The number of methoxy groups -OCH3 is 1. The lowest BCUT2D eigenvalue weighted by Gasteiger charge is -2.75. The summed E-state index contributed by atoms with van der Waals surface area (Å²) in [4.78, 5) is 13.8. The van der Waals surface area contributed by atoms with Crippen molar-refractivity contribution >= 4 is 7.82 Å². The normalized spacial score (nSPS) is 34.8. The highest BCUT2D eigenvalue weighted by Crippen LogP contribution is 2.78. The Balaban J connectivity index is 1.07. The number of aryl methyl sites for hydroxylation is 1. The molecule has 2 aromatic carbocycles. The summed E-state index contributed by atoms with van der Waals surface area (Å²) in [6, 6.07) is 14.7. The van der Waals surface area contributed by atoms with Crippen LogP contribution in [-0.4, -0.2) is 65.1 Å². The summed E-state index contributed by atoms with van der Waals surface area (Å²) >= 11 is 0. The van der Waals surface area contributed by atoms with Crippen molar-refractivity contribution in [1.29, 1.82) is 0 Å². The zero-order valence-electron chi connectivity index (χ0n) is 30.8. The molecule has 7 aliphatic rings. The molecule has 2 aromatic rings. The summed E-state index contributed by atoms with van der Waals surface area (Å²) in [7, 11) is -2.61. The van der Waals surface area contributed by atoms with Crippen molar-refractivity contribution in [3.05, 3.63) is 59.2 Å². The van der Waals surface area contributed by atoms with Gasteiger partial charge in [-0.2, -0.15) is 0 Å². The molecule has 2 N–H and O–H groups in total. The standard InChI is InChI=1S/C41H58NO7P/c1-37(2,3)38(4,43)32-26-39-20-21-41(32,46-5)36-40(39)22-23-42(27-29-16-17-29)33(39)25-30-18-19-31(35(48-36)34(30)40)49-50(44,45)47-24-12-7-6-9-13-28-14-10-8-11-15-28/h8,10-11,14-15,18-19,29,32-33,36,43H,6-7,9,12-13,16-17,20-27H2,1-5H3,(H,44,45). The van der Waals surface area contributed by atoms with Gasteiger partial charge in [-0.05, 0) is 106 Å². The maximum Gasteiger partial charge on any atom is 0.527 e. The third-order valence-electron chi connectivity index (χ3n) is 14.5. The topological polar surface area (TPSA) is 97.7 Å². The number of ether oxygens (including phenoxy) is 2. The minimum absolute atomic E-state index is 0.109. The molecule has 5 fully saturated rings. The first-order valence-corrected chi connectivity index (χ1v) is 20.8. The van der Waals surface area contributed by atoms with Gasteiger partial charge in [0.1, 0.15) is 11.7 Å². The lowest BCUT2D eigenvalue weighted by molar-refractivity contribution is -0.312. The first-order valence-electron chi connectivity index (χ1n) is 19.3. The van der Waals surface area contributed by atoms with Crippen LogP contribution in [0, 0.1) is 22.7 Å². The van der Waals surface area contributed by atoms with Crippen LogP contribution in [0.4, 0.5) is 0 Å². The first-order chi connectivity index (χ1) is 23.8. The molecular weight excluding hydrogens is 649 g/mol. The number of nitrogens with zero attached hydrogens (tertiary/aromatic N) is 1. The SMILES string of the molecule is COC12CCC3(CC1C(C)(O)C(C)(C)C)C1Cc4ccc(OP(=O)(O)OCCCCCCc5ccccc5)c5c4C3(CCN1CC1CC1)C2O5. The van der Waals surface area contributed by atoms with Gasteiger partial charge in [-0.3, -0.25) is 14.3 Å². The van der Waals surface area contributed by atoms with Crippen LogP contribution in [0.2, 0.25) is 0 Å². The number of phosphoric ester groups is 1. The fourth-order valence-electron chi connectivity index (χ4n) is 11.4. The molecule has 274 valence electrons. The summed E-state index contributed by atoms with van der Waals surface area (Å²) in [6.45, 7) is 10.7. The number of rotatable bonds is 14. The molecule has 0 aromatic heterocycles. The third-order valence-corrected chi connectivity index (χ3v) is 15.4. The van der Waals surface area contributed by atoms with E-state index in [1.54, 1.807) is 7.11 Å². The summed E-state index contributed by atoms with van der Waals surface area (Å²) in [5.74, 6) is 1.51. The Kier molecular flexibility index (Phi) is 8.65. The molecule has 8 unspecified atom stereocenters. The molecule has 8 atom stereocenters. The minimum atomic E-state index is -4.41. The van der Waals surface area contributed by atoms with E-state index in [1.807, 2.05) is 19.1 Å². The molecule has 8 nitrogen and oxygen atoms in total. The second-order valence-electron chi connectivity index (χ2n) is 17.8. The molecule has 2 heterocycles. The predicted molar refractivity (Wildman–Crippen MR) is 194 cm³/mol. The Morgan fingerprint density at radius 1 is 1.00 bits per heavy atom. The average molecular weight is 708 g/mol. The Hall–Kier alpha value is -1.93. The van der Waals surface area contributed by atoms with Crippen LogP contribution < -0.4 is 9.26 Å². The van der Waals surface area contributed by atoms with Crippen molar-refractivity contribution in [3.8, 4) is 11.5 Å². The Morgan fingerprint density at radius 3 is 2.48 bits per heavy atom. The molecule has 2 aliphatic heterocycles. The summed E-state index contributed by atoms with van der Waals surface area (Å²) in [6.07, 6.45) is 11.6. The second kappa shape index (κ2) is 12.3. The minimum Gasteiger partial charge on any atom is -0.482 e. The van der Waals surface area contributed by atoms with E-state index in [-0.39, 0.29) is 40.6 Å². The van der Waals surface area contributed by atoms with E-state index in [4.69, 9.17) is 18.5 Å². The van der Waals surface area contributed by atoms with Crippen LogP contribution in [0.15, 0.2) is 42.5 Å². The van der Waals surface area contributed by atoms with Crippen molar-refractivity contribution in [2.75, 3.05) is 26.8 Å². The number of phosphoric acid groups is 1. The highest BCUT2D eigenvalue weighted by Gasteiger charge is 2.82. The monoisotopic (exact) mass is 707 g/mol. The number of unbranched alkanes of at least 4 members (excludes halogenated alkanes) is 3. The molecule has 9 rings (SSSR count). The lowest BCUT2D eigenvalue weighted by Crippen LogP contribution is -2.83. The van der Waals surface area contributed by atoms with Crippen molar-refractivity contribution < 1.29 is 33.1 Å². The zero-order chi connectivity index (χ0) is 35.2. The first kappa shape index (κ1) is 35.1. The maximum atomic E-state index is 13.4. The number of piperidine rings is 1. The van der Waals surface area contributed by atoms with Gasteiger partial charge in [0.05, 0.1) is 12.2 Å². The van der Waals surface area contributed by atoms with E-state index in [2.05, 4.69) is 56.0 Å². The van der Waals surface area contributed by atoms with Gasteiger partial charge < -0.3 is 19.1 Å². The van der Waals surface area contributed by atoms with E-state index >= 15 is 0 Å². The largest absolute Gasteiger partial charge is 0.527 e. The Morgan fingerprint density at radius 2 is 1.76 bits per heavy atom. The fraction of sp³-hybridized carbons (Fsp3) is 0.707. The molecule has 4 saturated carbocycles. The van der Waals surface area contributed by atoms with Crippen LogP contribution in [0.5, 0.6) is 11.5 Å². The van der Waals surface area contributed by atoms with E-state index in [0.717, 1.165) is 82.4 Å². The zero-order valence-corrected chi connectivity index (χ0v) is 31.7.